The Labute approximate surface area is 136 Å². The van der Waals surface area contributed by atoms with Gasteiger partial charge in [-0.25, -0.2) is 4.98 Å². The molecule has 0 aliphatic heterocycles. The number of benzene rings is 1. The number of nitrogens with one attached hydrogen (secondary N) is 1. The zero-order valence-corrected chi connectivity index (χ0v) is 13.5. The molecule has 1 aromatic heterocycles. The lowest BCUT2D eigenvalue weighted by Gasteiger charge is -2.08. The molecule has 0 radical (unpaired) electrons. The van der Waals surface area contributed by atoms with Crippen LogP contribution in [-0.2, 0) is 16.0 Å². The van der Waals surface area contributed by atoms with E-state index in [2.05, 4.69) is 10.3 Å². The smallest absolute Gasteiger partial charge is 0.322 e. The number of amides is 1. The van der Waals surface area contributed by atoms with Gasteiger partial charge < -0.3 is 19.9 Å². The van der Waals surface area contributed by atoms with E-state index >= 15 is 0 Å². The highest BCUT2D eigenvalue weighted by molar-refractivity contribution is 7.13. The van der Waals surface area contributed by atoms with E-state index in [0.29, 0.717) is 17.2 Å². The minimum absolute atomic E-state index is 0.0388. The number of carbonyl (C=O) groups is 2. The lowest BCUT2D eigenvalue weighted by Crippen LogP contribution is -2.30. The number of carboxylic acids is 1. The maximum absolute atomic E-state index is 11.6. The van der Waals surface area contributed by atoms with Crippen molar-refractivity contribution in [2.45, 2.75) is 6.42 Å². The summed E-state index contributed by atoms with van der Waals surface area (Å²) in [6.07, 6.45) is 0.0388. The van der Waals surface area contributed by atoms with Gasteiger partial charge in [-0.2, -0.15) is 0 Å². The summed E-state index contributed by atoms with van der Waals surface area (Å²) in [5.41, 5.74) is 1.44. The minimum atomic E-state index is -1.08. The Balaban J connectivity index is 2.10. The highest BCUT2D eigenvalue weighted by atomic mass is 32.1. The van der Waals surface area contributed by atoms with E-state index in [4.69, 9.17) is 14.6 Å². The van der Waals surface area contributed by atoms with Crippen molar-refractivity contribution in [3.8, 4) is 22.1 Å². The number of hydrogen-bond donors (Lipinski definition) is 2. The second-order valence-electron chi connectivity index (χ2n) is 4.56. The molecule has 0 fully saturated rings. The lowest BCUT2D eigenvalue weighted by molar-refractivity contribution is -0.137. The molecule has 2 rings (SSSR count). The van der Waals surface area contributed by atoms with Gasteiger partial charge in [0.2, 0.25) is 5.91 Å². The predicted octanol–water partition coefficient (Wildman–Crippen LogP) is 1.57. The number of nitrogens with zero attached hydrogens (tertiary/aromatic N) is 1. The van der Waals surface area contributed by atoms with Crippen molar-refractivity contribution in [1.82, 2.24) is 10.3 Å². The number of aliphatic carboxylic acids is 1. The molecule has 0 spiro atoms. The highest BCUT2D eigenvalue weighted by Gasteiger charge is 2.12. The first kappa shape index (κ1) is 16.8. The Morgan fingerprint density at radius 1 is 1.26 bits per heavy atom. The van der Waals surface area contributed by atoms with Gasteiger partial charge in [0.25, 0.3) is 0 Å². The first-order valence-electron chi connectivity index (χ1n) is 6.68. The first-order valence-corrected chi connectivity index (χ1v) is 7.56. The molecule has 0 bridgehead atoms. The fourth-order valence-electron chi connectivity index (χ4n) is 1.89. The van der Waals surface area contributed by atoms with E-state index in [0.717, 1.165) is 10.6 Å². The van der Waals surface area contributed by atoms with Crippen LogP contribution in [0.5, 0.6) is 11.5 Å². The van der Waals surface area contributed by atoms with Crippen LogP contribution < -0.4 is 14.8 Å². The zero-order chi connectivity index (χ0) is 16.8. The average molecular weight is 336 g/mol. The maximum atomic E-state index is 11.6. The summed E-state index contributed by atoms with van der Waals surface area (Å²) in [6.45, 7) is -0.397. The van der Waals surface area contributed by atoms with Crippen molar-refractivity contribution >= 4 is 23.2 Å². The molecule has 7 nitrogen and oxygen atoms in total. The summed E-state index contributed by atoms with van der Waals surface area (Å²) in [5.74, 6) is -0.235. The summed E-state index contributed by atoms with van der Waals surface area (Å²) >= 11 is 1.40. The van der Waals surface area contributed by atoms with Crippen LogP contribution in [0.25, 0.3) is 10.6 Å². The summed E-state index contributed by atoms with van der Waals surface area (Å²) in [6, 6.07) is 5.45. The molecule has 23 heavy (non-hydrogen) atoms. The van der Waals surface area contributed by atoms with E-state index in [1.54, 1.807) is 25.7 Å². The topological polar surface area (TPSA) is 97.8 Å². The van der Waals surface area contributed by atoms with E-state index in [1.165, 1.54) is 11.3 Å². The molecular weight excluding hydrogens is 320 g/mol. The summed E-state index contributed by atoms with van der Waals surface area (Å²) in [7, 11) is 3.12. The maximum Gasteiger partial charge on any atom is 0.322 e. The van der Waals surface area contributed by atoms with Crippen LogP contribution in [0.1, 0.15) is 5.69 Å². The normalized spacial score (nSPS) is 10.2. The Morgan fingerprint density at radius 2 is 2.00 bits per heavy atom. The van der Waals surface area contributed by atoms with Crippen LogP contribution in [-0.4, -0.2) is 42.7 Å². The second kappa shape index (κ2) is 7.59. The molecule has 0 saturated heterocycles. The van der Waals surface area contributed by atoms with E-state index in [1.807, 2.05) is 12.1 Å². The monoisotopic (exact) mass is 336 g/mol. The van der Waals surface area contributed by atoms with Gasteiger partial charge in [0, 0.05) is 10.9 Å². The quantitative estimate of drug-likeness (QED) is 0.796. The van der Waals surface area contributed by atoms with Gasteiger partial charge in [-0.3, -0.25) is 9.59 Å². The largest absolute Gasteiger partial charge is 0.493 e. The van der Waals surface area contributed by atoms with Gasteiger partial charge in [-0.1, -0.05) is 0 Å². The summed E-state index contributed by atoms with van der Waals surface area (Å²) < 4.78 is 10.4. The van der Waals surface area contributed by atoms with Crippen LogP contribution in [0.4, 0.5) is 0 Å². The number of aromatic nitrogens is 1. The molecule has 122 valence electrons. The fraction of sp³-hybridized carbons (Fsp3) is 0.267. The van der Waals surface area contributed by atoms with E-state index in [-0.39, 0.29) is 12.3 Å². The molecule has 1 aromatic carbocycles. The van der Waals surface area contributed by atoms with Crippen molar-refractivity contribution in [2.24, 2.45) is 0 Å². The number of carbonyl (C=O) groups excluding carboxylic acids is 1. The van der Waals surface area contributed by atoms with Gasteiger partial charge in [0.15, 0.2) is 11.5 Å². The average Bonchev–Trinajstić information content (AvgIpc) is 3.00. The zero-order valence-electron chi connectivity index (χ0n) is 12.7. The number of ether oxygens (including phenoxy) is 2. The minimum Gasteiger partial charge on any atom is -0.493 e. The molecule has 2 N–H and O–H groups in total. The SMILES string of the molecule is COc1ccc(-c2nc(CC(=O)NCC(=O)O)cs2)cc1OC. The standard InChI is InChI=1S/C15H16N2O5S/c1-21-11-4-3-9(5-12(11)22-2)15-17-10(8-23-15)6-13(18)16-7-14(19)20/h3-5,8H,6-7H2,1-2H3,(H,16,18)(H,19,20). The number of hydrogen-bond acceptors (Lipinski definition) is 6. The third-order valence-corrected chi connectivity index (χ3v) is 3.90. The van der Waals surface area contributed by atoms with Crippen molar-refractivity contribution in [3.05, 3.63) is 29.3 Å². The van der Waals surface area contributed by atoms with Gasteiger partial charge in [-0.05, 0) is 18.2 Å². The van der Waals surface area contributed by atoms with Gasteiger partial charge >= 0.3 is 5.97 Å². The molecule has 1 heterocycles. The van der Waals surface area contributed by atoms with Crippen LogP contribution in [0.3, 0.4) is 0 Å². The Kier molecular flexibility index (Phi) is 5.53. The molecule has 1 amide bonds. The fourth-order valence-corrected chi connectivity index (χ4v) is 2.71. The molecule has 0 aliphatic carbocycles. The van der Waals surface area contributed by atoms with Gasteiger partial charge in [-0.15, -0.1) is 11.3 Å². The highest BCUT2D eigenvalue weighted by Crippen LogP contribution is 2.33. The number of carboxylic acid groups (broad SMARTS) is 1. The van der Waals surface area contributed by atoms with Crippen LogP contribution in [0.15, 0.2) is 23.6 Å². The third kappa shape index (κ3) is 4.43. The molecule has 8 heteroatoms. The summed E-state index contributed by atoms with van der Waals surface area (Å²) in [4.78, 5) is 26.4. The predicted molar refractivity (Wildman–Crippen MR) is 85.0 cm³/mol. The number of thiazole rings is 1. The van der Waals surface area contributed by atoms with Crippen molar-refractivity contribution in [3.63, 3.8) is 0 Å². The van der Waals surface area contributed by atoms with Crippen molar-refractivity contribution in [1.29, 1.82) is 0 Å². The van der Waals surface area contributed by atoms with Crippen LogP contribution in [0, 0.1) is 0 Å². The van der Waals surface area contributed by atoms with Crippen LogP contribution >= 0.6 is 11.3 Å². The molecular formula is C15H16N2O5S. The molecule has 0 aliphatic rings. The second-order valence-corrected chi connectivity index (χ2v) is 5.42. The molecule has 0 atom stereocenters. The van der Waals surface area contributed by atoms with Crippen molar-refractivity contribution < 1.29 is 24.2 Å². The summed E-state index contributed by atoms with van der Waals surface area (Å²) in [5, 5.41) is 13.3. The lowest BCUT2D eigenvalue weighted by atomic mass is 10.2. The first-order chi connectivity index (χ1) is 11.0. The van der Waals surface area contributed by atoms with Gasteiger partial charge in [0.1, 0.15) is 11.6 Å². The Bertz CT molecular complexity index is 714. The molecule has 0 unspecified atom stereocenters. The van der Waals surface area contributed by atoms with E-state index < -0.39 is 12.5 Å². The number of rotatable bonds is 7. The third-order valence-electron chi connectivity index (χ3n) is 2.96. The Morgan fingerprint density at radius 3 is 2.65 bits per heavy atom. The Hall–Kier alpha value is -2.61. The molecule has 2 aromatic rings. The van der Waals surface area contributed by atoms with E-state index in [9.17, 15) is 9.59 Å². The number of methoxy groups -OCH3 is 2. The van der Waals surface area contributed by atoms with Crippen LogP contribution in [0.2, 0.25) is 0 Å². The van der Waals surface area contributed by atoms with Crippen molar-refractivity contribution in [2.75, 3.05) is 20.8 Å². The molecule has 0 saturated carbocycles. The van der Waals surface area contributed by atoms with Gasteiger partial charge in [0.05, 0.1) is 26.3 Å².